The first kappa shape index (κ1) is 20.7. The molecule has 1 saturated heterocycles. The summed E-state index contributed by atoms with van der Waals surface area (Å²) < 4.78 is 13.1. The molecule has 30 heavy (non-hydrogen) atoms. The quantitative estimate of drug-likeness (QED) is 0.564. The van der Waals surface area contributed by atoms with Gasteiger partial charge in [0.1, 0.15) is 0 Å². The van der Waals surface area contributed by atoms with E-state index in [9.17, 15) is 0 Å². The predicted octanol–water partition coefficient (Wildman–Crippen LogP) is 3.23. The van der Waals surface area contributed by atoms with E-state index in [0.717, 1.165) is 56.8 Å². The van der Waals surface area contributed by atoms with E-state index in [0.29, 0.717) is 12.5 Å². The number of aromatic nitrogens is 5. The van der Waals surface area contributed by atoms with E-state index in [4.69, 9.17) is 14.2 Å². The van der Waals surface area contributed by atoms with Crippen LogP contribution in [0.1, 0.15) is 43.3 Å². The summed E-state index contributed by atoms with van der Waals surface area (Å²) in [7, 11) is 1.74. The number of rotatable bonds is 8. The summed E-state index contributed by atoms with van der Waals surface area (Å²) in [4.78, 5) is 11.4. The molecule has 160 valence electrons. The molecule has 1 fully saturated rings. The minimum Gasteiger partial charge on any atom is -0.385 e. The van der Waals surface area contributed by atoms with Crippen molar-refractivity contribution in [1.29, 1.82) is 0 Å². The van der Waals surface area contributed by atoms with Crippen molar-refractivity contribution in [1.82, 2.24) is 29.8 Å². The molecule has 0 atom stereocenters. The van der Waals surface area contributed by atoms with Crippen LogP contribution in [0.25, 0.3) is 11.5 Å². The lowest BCUT2D eigenvalue weighted by molar-refractivity contribution is 0.103. The van der Waals surface area contributed by atoms with Crippen molar-refractivity contribution in [3.63, 3.8) is 0 Å². The van der Waals surface area contributed by atoms with Gasteiger partial charge in [0.05, 0.1) is 11.8 Å². The number of methoxy groups -OCH3 is 1. The highest BCUT2D eigenvalue weighted by Crippen LogP contribution is 2.38. The Kier molecular flexibility index (Phi) is 6.24. The van der Waals surface area contributed by atoms with E-state index in [2.05, 4.69) is 38.7 Å². The first-order valence-corrected chi connectivity index (χ1v) is 10.6. The number of pyridine rings is 1. The average Bonchev–Trinajstić information content (AvgIpc) is 3.42. The Balaban J connectivity index is 1.49. The zero-order valence-electron chi connectivity index (χ0n) is 18.0. The highest BCUT2D eigenvalue weighted by Gasteiger charge is 2.40. The van der Waals surface area contributed by atoms with Gasteiger partial charge in [-0.25, -0.2) is 0 Å². The molecule has 0 spiro atoms. The van der Waals surface area contributed by atoms with Crippen LogP contribution in [0.2, 0.25) is 0 Å². The van der Waals surface area contributed by atoms with Gasteiger partial charge in [-0.1, -0.05) is 5.16 Å². The van der Waals surface area contributed by atoms with Crippen LogP contribution < -0.4 is 0 Å². The molecule has 0 aliphatic carbocycles. The third-order valence-corrected chi connectivity index (χ3v) is 6.31. The van der Waals surface area contributed by atoms with Gasteiger partial charge in [-0.05, 0) is 58.3 Å². The number of aryl methyl sites for hydroxylation is 1. The largest absolute Gasteiger partial charge is 0.385 e. The number of nitrogens with zero attached hydrogens (tertiary/aromatic N) is 6. The highest BCUT2D eigenvalue weighted by molar-refractivity contribution is 5.50. The Labute approximate surface area is 177 Å². The standard InChI is InChI=1S/C22H30N6O2/c1-4-28-17(2)19(15-24-28)16-27-11-7-22(8-12-27,9-13-29-3)21-25-20(30-26-21)18-6-5-10-23-14-18/h5-6,10,14-15H,4,7-9,11-13,16H2,1-3H3. The highest BCUT2D eigenvalue weighted by atomic mass is 16.5. The van der Waals surface area contributed by atoms with Crippen molar-refractivity contribution in [3.05, 3.63) is 47.8 Å². The molecule has 3 aromatic heterocycles. The van der Waals surface area contributed by atoms with Crippen LogP contribution in [0.5, 0.6) is 0 Å². The molecule has 8 nitrogen and oxygen atoms in total. The van der Waals surface area contributed by atoms with E-state index in [1.807, 2.05) is 18.3 Å². The Hall–Kier alpha value is -2.58. The molecule has 4 rings (SSSR count). The van der Waals surface area contributed by atoms with E-state index in [1.165, 1.54) is 11.3 Å². The molecule has 0 bridgehead atoms. The van der Waals surface area contributed by atoms with Gasteiger partial charge < -0.3 is 9.26 Å². The lowest BCUT2D eigenvalue weighted by Crippen LogP contribution is -2.43. The van der Waals surface area contributed by atoms with Crippen LogP contribution >= 0.6 is 0 Å². The van der Waals surface area contributed by atoms with Gasteiger partial charge in [0, 0.05) is 55.9 Å². The van der Waals surface area contributed by atoms with Crippen molar-refractivity contribution in [3.8, 4) is 11.5 Å². The molecule has 4 heterocycles. The molecule has 0 radical (unpaired) electrons. The fraction of sp³-hybridized carbons (Fsp3) is 0.545. The summed E-state index contributed by atoms with van der Waals surface area (Å²) in [6.07, 6.45) is 8.33. The first-order valence-electron chi connectivity index (χ1n) is 10.6. The molecule has 0 saturated carbocycles. The maximum Gasteiger partial charge on any atom is 0.259 e. The molecule has 1 aliphatic rings. The predicted molar refractivity (Wildman–Crippen MR) is 113 cm³/mol. The SMILES string of the molecule is CCn1ncc(CN2CCC(CCOC)(c3noc(-c4cccnc4)n3)CC2)c1C. The fourth-order valence-electron chi connectivity index (χ4n) is 4.27. The van der Waals surface area contributed by atoms with Crippen molar-refractivity contribution >= 4 is 0 Å². The summed E-state index contributed by atoms with van der Waals surface area (Å²) in [5, 5.41) is 8.86. The lowest BCUT2D eigenvalue weighted by atomic mass is 9.75. The van der Waals surface area contributed by atoms with Gasteiger partial charge in [-0.3, -0.25) is 14.6 Å². The molecule has 0 unspecified atom stereocenters. The Morgan fingerprint density at radius 1 is 1.23 bits per heavy atom. The van der Waals surface area contributed by atoms with Gasteiger partial charge in [-0.15, -0.1) is 0 Å². The van der Waals surface area contributed by atoms with Crippen molar-refractivity contribution in [2.24, 2.45) is 0 Å². The molecule has 0 N–H and O–H groups in total. The van der Waals surface area contributed by atoms with Crippen LogP contribution in [0.15, 0.2) is 35.2 Å². The molecule has 0 amide bonds. The monoisotopic (exact) mass is 410 g/mol. The first-order chi connectivity index (χ1) is 14.6. The second kappa shape index (κ2) is 9.06. The van der Waals surface area contributed by atoms with Crippen LogP contribution in [0, 0.1) is 6.92 Å². The van der Waals surface area contributed by atoms with Gasteiger partial charge in [-0.2, -0.15) is 10.1 Å². The molecule has 1 aliphatic heterocycles. The van der Waals surface area contributed by atoms with Crippen LogP contribution in [-0.4, -0.2) is 56.6 Å². The van der Waals surface area contributed by atoms with Gasteiger partial charge in [0.2, 0.25) is 0 Å². The Bertz CT molecular complexity index is 944. The summed E-state index contributed by atoms with van der Waals surface area (Å²) in [5.41, 5.74) is 3.28. The molecule has 3 aromatic rings. The summed E-state index contributed by atoms with van der Waals surface area (Å²) in [6.45, 7) is 8.76. The minimum absolute atomic E-state index is 0.126. The number of hydrogen-bond acceptors (Lipinski definition) is 7. The third-order valence-electron chi connectivity index (χ3n) is 6.31. The minimum atomic E-state index is -0.126. The van der Waals surface area contributed by atoms with Gasteiger partial charge in [0.15, 0.2) is 5.82 Å². The maximum atomic E-state index is 5.60. The van der Waals surface area contributed by atoms with E-state index >= 15 is 0 Å². The summed E-state index contributed by atoms with van der Waals surface area (Å²) in [6, 6.07) is 3.81. The lowest BCUT2D eigenvalue weighted by Gasteiger charge is -2.39. The zero-order chi connectivity index (χ0) is 21.0. The second-order valence-electron chi connectivity index (χ2n) is 8.04. The van der Waals surface area contributed by atoms with Crippen molar-refractivity contribution < 1.29 is 9.26 Å². The molecule has 8 heteroatoms. The number of ether oxygens (including phenoxy) is 1. The van der Waals surface area contributed by atoms with Crippen LogP contribution in [0.4, 0.5) is 0 Å². The summed E-state index contributed by atoms with van der Waals surface area (Å²) in [5.74, 6) is 1.31. The fourth-order valence-corrected chi connectivity index (χ4v) is 4.27. The smallest absolute Gasteiger partial charge is 0.259 e. The Morgan fingerprint density at radius 3 is 2.73 bits per heavy atom. The summed E-state index contributed by atoms with van der Waals surface area (Å²) >= 11 is 0. The molecular weight excluding hydrogens is 380 g/mol. The normalized spacial score (nSPS) is 16.8. The Morgan fingerprint density at radius 2 is 2.07 bits per heavy atom. The zero-order valence-corrected chi connectivity index (χ0v) is 18.0. The van der Waals surface area contributed by atoms with E-state index in [1.54, 1.807) is 19.5 Å². The van der Waals surface area contributed by atoms with E-state index < -0.39 is 0 Å². The second-order valence-corrected chi connectivity index (χ2v) is 8.04. The van der Waals surface area contributed by atoms with Crippen molar-refractivity contribution in [2.45, 2.75) is 51.6 Å². The number of piperidine rings is 1. The van der Waals surface area contributed by atoms with Gasteiger partial charge in [0.25, 0.3) is 5.89 Å². The van der Waals surface area contributed by atoms with E-state index in [-0.39, 0.29) is 5.41 Å². The van der Waals surface area contributed by atoms with Crippen LogP contribution in [-0.2, 0) is 23.2 Å². The average molecular weight is 411 g/mol. The number of likely N-dealkylation sites (tertiary alicyclic amines) is 1. The van der Waals surface area contributed by atoms with Crippen LogP contribution in [0.3, 0.4) is 0 Å². The van der Waals surface area contributed by atoms with Crippen molar-refractivity contribution in [2.75, 3.05) is 26.8 Å². The molecular formula is C22H30N6O2. The van der Waals surface area contributed by atoms with Gasteiger partial charge >= 0.3 is 0 Å². The third kappa shape index (κ3) is 4.15. The number of hydrogen-bond donors (Lipinski definition) is 0. The molecule has 0 aromatic carbocycles. The topological polar surface area (TPSA) is 82.1 Å². The maximum absolute atomic E-state index is 5.60.